The van der Waals surface area contributed by atoms with Crippen molar-refractivity contribution in [3.63, 3.8) is 0 Å². The van der Waals surface area contributed by atoms with Crippen LogP contribution in [0.15, 0.2) is 22.7 Å². The van der Waals surface area contributed by atoms with Gasteiger partial charge in [-0.05, 0) is 42.3 Å². The minimum atomic E-state index is 0.100. The van der Waals surface area contributed by atoms with E-state index in [9.17, 15) is 0 Å². The lowest BCUT2D eigenvalue weighted by atomic mass is 10.2. The first-order valence-corrected chi connectivity index (χ1v) is 6.65. The molecule has 0 fully saturated rings. The van der Waals surface area contributed by atoms with Gasteiger partial charge in [-0.15, -0.1) is 0 Å². The number of hydrogen-bond acceptors (Lipinski definition) is 5. The summed E-state index contributed by atoms with van der Waals surface area (Å²) in [6, 6.07) is 5.85. The van der Waals surface area contributed by atoms with Crippen molar-refractivity contribution in [2.24, 2.45) is 0 Å². The summed E-state index contributed by atoms with van der Waals surface area (Å²) in [6.45, 7) is 1.94. The Labute approximate surface area is 124 Å². The van der Waals surface area contributed by atoms with Crippen LogP contribution in [0.3, 0.4) is 0 Å². The van der Waals surface area contributed by atoms with Crippen molar-refractivity contribution in [3.8, 4) is 11.8 Å². The quantitative estimate of drug-likeness (QED) is 0.854. The number of nitrogens with zero attached hydrogens (tertiary/aromatic N) is 4. The number of ether oxygens (including phenoxy) is 1. The fourth-order valence-electron chi connectivity index (χ4n) is 1.39. The number of rotatable bonds is 3. The van der Waals surface area contributed by atoms with Crippen molar-refractivity contribution in [2.45, 2.75) is 6.92 Å². The Morgan fingerprint density at radius 1 is 1.21 bits per heavy atom. The van der Waals surface area contributed by atoms with Crippen LogP contribution in [0, 0.1) is 6.92 Å². The van der Waals surface area contributed by atoms with E-state index in [0.29, 0.717) is 11.7 Å². The molecule has 0 bridgehead atoms. The minimum Gasteiger partial charge on any atom is -0.424 e. The lowest BCUT2D eigenvalue weighted by Crippen LogP contribution is -2.13. The smallest absolute Gasteiger partial charge is 0.328 e. The number of benzene rings is 1. The molecule has 100 valence electrons. The van der Waals surface area contributed by atoms with Crippen LogP contribution in [0.2, 0.25) is 5.28 Å². The molecule has 1 aromatic carbocycles. The number of anilines is 1. The van der Waals surface area contributed by atoms with Crippen LogP contribution < -0.4 is 9.64 Å². The molecule has 0 aliphatic rings. The Morgan fingerprint density at radius 3 is 2.58 bits per heavy atom. The lowest BCUT2D eigenvalue weighted by Gasteiger charge is -2.12. The molecule has 5 nitrogen and oxygen atoms in total. The molecule has 0 spiro atoms. The van der Waals surface area contributed by atoms with Gasteiger partial charge in [-0.1, -0.05) is 15.9 Å². The molecule has 0 amide bonds. The van der Waals surface area contributed by atoms with Crippen molar-refractivity contribution < 1.29 is 4.74 Å². The number of aryl methyl sites for hydroxylation is 1. The first-order valence-electron chi connectivity index (χ1n) is 5.48. The van der Waals surface area contributed by atoms with E-state index in [4.69, 9.17) is 16.3 Å². The Morgan fingerprint density at radius 2 is 1.95 bits per heavy atom. The molecule has 19 heavy (non-hydrogen) atoms. The molecule has 1 heterocycles. The predicted octanol–water partition coefficient (Wildman–Crippen LogP) is 3.45. The second kappa shape index (κ2) is 5.71. The molecular formula is C12H12BrClN4O. The average Bonchev–Trinajstić information content (AvgIpc) is 2.32. The highest BCUT2D eigenvalue weighted by Crippen LogP contribution is 2.26. The van der Waals surface area contributed by atoms with E-state index in [2.05, 4.69) is 30.9 Å². The molecule has 1 aromatic heterocycles. The van der Waals surface area contributed by atoms with E-state index in [1.165, 1.54) is 0 Å². The number of hydrogen-bond donors (Lipinski definition) is 0. The van der Waals surface area contributed by atoms with Gasteiger partial charge in [0, 0.05) is 18.6 Å². The second-order valence-electron chi connectivity index (χ2n) is 4.09. The minimum absolute atomic E-state index is 0.100. The van der Waals surface area contributed by atoms with Gasteiger partial charge in [0.25, 0.3) is 0 Å². The van der Waals surface area contributed by atoms with E-state index >= 15 is 0 Å². The summed E-state index contributed by atoms with van der Waals surface area (Å²) in [5.74, 6) is 1.12. The maximum Gasteiger partial charge on any atom is 0.328 e. The van der Waals surface area contributed by atoms with E-state index < -0.39 is 0 Å². The first kappa shape index (κ1) is 14.0. The van der Waals surface area contributed by atoms with Gasteiger partial charge >= 0.3 is 6.01 Å². The van der Waals surface area contributed by atoms with Crippen molar-refractivity contribution in [1.29, 1.82) is 0 Å². The fourth-order valence-corrected chi connectivity index (χ4v) is 2.02. The SMILES string of the molecule is Cc1cc(Br)ccc1Oc1nc(Cl)nc(N(C)C)n1. The molecule has 0 saturated carbocycles. The van der Waals surface area contributed by atoms with Gasteiger partial charge in [-0.25, -0.2) is 0 Å². The van der Waals surface area contributed by atoms with Gasteiger partial charge in [0.2, 0.25) is 11.2 Å². The van der Waals surface area contributed by atoms with Crippen LogP contribution in [0.1, 0.15) is 5.56 Å². The summed E-state index contributed by atoms with van der Waals surface area (Å²) in [6.07, 6.45) is 0. The van der Waals surface area contributed by atoms with Crippen LogP contribution in [-0.2, 0) is 0 Å². The van der Waals surface area contributed by atoms with E-state index in [1.54, 1.807) is 4.90 Å². The zero-order valence-corrected chi connectivity index (χ0v) is 13.0. The third kappa shape index (κ3) is 3.54. The third-order valence-electron chi connectivity index (χ3n) is 2.31. The molecule has 0 aliphatic carbocycles. The highest BCUT2D eigenvalue weighted by atomic mass is 79.9. The fraction of sp³-hybridized carbons (Fsp3) is 0.250. The second-order valence-corrected chi connectivity index (χ2v) is 5.35. The molecule has 2 aromatic rings. The topological polar surface area (TPSA) is 51.1 Å². The molecule has 0 N–H and O–H groups in total. The van der Waals surface area contributed by atoms with Crippen LogP contribution in [0.25, 0.3) is 0 Å². The van der Waals surface area contributed by atoms with Crippen LogP contribution >= 0.6 is 27.5 Å². The summed E-state index contributed by atoms with van der Waals surface area (Å²) in [5, 5.41) is 0.100. The molecule has 0 unspecified atom stereocenters. The van der Waals surface area contributed by atoms with Crippen molar-refractivity contribution >= 4 is 33.5 Å². The summed E-state index contributed by atoms with van der Waals surface area (Å²) in [7, 11) is 3.64. The molecule has 0 atom stereocenters. The van der Waals surface area contributed by atoms with E-state index in [-0.39, 0.29) is 11.3 Å². The highest BCUT2D eigenvalue weighted by Gasteiger charge is 2.10. The molecule has 2 rings (SSSR count). The standard InChI is InChI=1S/C12H12BrClN4O/c1-7-6-8(13)4-5-9(7)19-12-16-10(14)15-11(17-12)18(2)3/h4-6H,1-3H3. The maximum absolute atomic E-state index is 5.85. The maximum atomic E-state index is 5.85. The van der Waals surface area contributed by atoms with Crippen molar-refractivity contribution in [2.75, 3.05) is 19.0 Å². The normalized spacial score (nSPS) is 10.4. The van der Waals surface area contributed by atoms with Crippen LogP contribution in [0.5, 0.6) is 11.8 Å². The summed E-state index contributed by atoms with van der Waals surface area (Å²) < 4.78 is 6.63. The van der Waals surface area contributed by atoms with Gasteiger partial charge in [0.15, 0.2) is 0 Å². The Bertz CT molecular complexity index is 606. The monoisotopic (exact) mass is 342 g/mol. The summed E-state index contributed by atoms with van der Waals surface area (Å²) in [5.41, 5.74) is 0.970. The van der Waals surface area contributed by atoms with Gasteiger partial charge in [0.05, 0.1) is 0 Å². The van der Waals surface area contributed by atoms with Crippen LogP contribution in [0.4, 0.5) is 5.95 Å². The van der Waals surface area contributed by atoms with Crippen molar-refractivity contribution in [3.05, 3.63) is 33.5 Å². The van der Waals surface area contributed by atoms with Gasteiger partial charge in [-0.2, -0.15) is 15.0 Å². The molecule has 0 saturated heterocycles. The summed E-state index contributed by atoms with van der Waals surface area (Å²) in [4.78, 5) is 13.9. The number of aromatic nitrogens is 3. The van der Waals surface area contributed by atoms with Crippen LogP contribution in [-0.4, -0.2) is 29.0 Å². The van der Waals surface area contributed by atoms with Gasteiger partial charge in [0.1, 0.15) is 5.75 Å². The molecule has 7 heteroatoms. The lowest BCUT2D eigenvalue weighted by molar-refractivity contribution is 0.436. The zero-order valence-electron chi connectivity index (χ0n) is 10.7. The first-order chi connectivity index (χ1) is 8.95. The summed E-state index contributed by atoms with van der Waals surface area (Å²) >= 11 is 9.25. The molecule has 0 radical (unpaired) electrons. The molecule has 0 aliphatic heterocycles. The average molecular weight is 344 g/mol. The Hall–Kier alpha value is -1.40. The zero-order chi connectivity index (χ0) is 14.0. The van der Waals surface area contributed by atoms with E-state index in [1.807, 2.05) is 39.2 Å². The van der Waals surface area contributed by atoms with Gasteiger partial charge in [-0.3, -0.25) is 0 Å². The van der Waals surface area contributed by atoms with Crippen molar-refractivity contribution in [1.82, 2.24) is 15.0 Å². The van der Waals surface area contributed by atoms with Gasteiger partial charge < -0.3 is 9.64 Å². The largest absolute Gasteiger partial charge is 0.424 e. The van der Waals surface area contributed by atoms with E-state index in [0.717, 1.165) is 10.0 Å². The highest BCUT2D eigenvalue weighted by molar-refractivity contribution is 9.10. The number of halogens is 2. The Balaban J connectivity index is 2.32. The Kier molecular flexibility index (Phi) is 4.21. The predicted molar refractivity (Wildman–Crippen MR) is 78.1 cm³/mol. The molecular weight excluding hydrogens is 332 g/mol. The third-order valence-corrected chi connectivity index (χ3v) is 2.98.